The van der Waals surface area contributed by atoms with Crippen molar-refractivity contribution >= 4 is 16.9 Å². The summed E-state index contributed by atoms with van der Waals surface area (Å²) in [5.41, 5.74) is 5.44. The summed E-state index contributed by atoms with van der Waals surface area (Å²) in [4.78, 5) is 23.3. The van der Waals surface area contributed by atoms with Crippen molar-refractivity contribution in [2.75, 3.05) is 26.2 Å². The van der Waals surface area contributed by atoms with Gasteiger partial charge in [-0.1, -0.05) is 56.2 Å². The maximum Gasteiger partial charge on any atom is 0.254 e. The van der Waals surface area contributed by atoms with Crippen molar-refractivity contribution in [3.05, 3.63) is 95.3 Å². The standard InChI is InChI=1S/C34H42N4O2/c1-3-5-23-37(34(39)27-17-19-30(20-18-27)40-4-2)26-33-35-31-15-9-10-16-32(31)38(33)25-29-14-8-7-13-28(29)24-36-21-11-6-12-22-36/h7-10,13-20H,3-6,11-12,21-26H2,1-2H3. The molecular weight excluding hydrogens is 496 g/mol. The van der Waals surface area contributed by atoms with E-state index in [1.54, 1.807) is 0 Å². The Balaban J connectivity index is 1.44. The van der Waals surface area contributed by atoms with E-state index in [1.807, 2.05) is 42.2 Å². The Morgan fingerprint density at radius 1 is 0.875 bits per heavy atom. The molecule has 1 aliphatic rings. The fourth-order valence-corrected chi connectivity index (χ4v) is 5.63. The molecule has 4 aromatic rings. The predicted molar refractivity (Wildman–Crippen MR) is 162 cm³/mol. The molecule has 0 bridgehead atoms. The molecule has 0 unspecified atom stereocenters. The summed E-state index contributed by atoms with van der Waals surface area (Å²) in [5.74, 6) is 1.73. The van der Waals surface area contributed by atoms with E-state index in [0.717, 1.165) is 48.5 Å². The summed E-state index contributed by atoms with van der Waals surface area (Å²) in [7, 11) is 0. The first-order chi connectivity index (χ1) is 19.7. The van der Waals surface area contributed by atoms with Gasteiger partial charge >= 0.3 is 0 Å². The molecule has 2 heterocycles. The van der Waals surface area contributed by atoms with E-state index in [-0.39, 0.29) is 5.91 Å². The number of fused-ring (bicyclic) bond motifs is 1. The molecule has 1 fully saturated rings. The highest BCUT2D eigenvalue weighted by Gasteiger charge is 2.21. The van der Waals surface area contributed by atoms with Crippen molar-refractivity contribution < 1.29 is 9.53 Å². The van der Waals surface area contributed by atoms with Crippen LogP contribution in [0.2, 0.25) is 0 Å². The third-order valence-electron chi connectivity index (χ3n) is 7.84. The normalized spacial score (nSPS) is 13.9. The van der Waals surface area contributed by atoms with Gasteiger partial charge in [-0.3, -0.25) is 9.69 Å². The van der Waals surface area contributed by atoms with Gasteiger partial charge in [0.05, 0.1) is 24.2 Å². The summed E-state index contributed by atoms with van der Waals surface area (Å²) in [5, 5.41) is 0. The highest BCUT2D eigenvalue weighted by molar-refractivity contribution is 5.94. The van der Waals surface area contributed by atoms with Crippen molar-refractivity contribution in [1.29, 1.82) is 0 Å². The third-order valence-corrected chi connectivity index (χ3v) is 7.84. The van der Waals surface area contributed by atoms with E-state index >= 15 is 0 Å². The molecule has 6 heteroatoms. The molecule has 0 N–H and O–H groups in total. The van der Waals surface area contributed by atoms with E-state index < -0.39 is 0 Å². The van der Waals surface area contributed by atoms with E-state index in [1.165, 1.54) is 43.5 Å². The largest absolute Gasteiger partial charge is 0.494 e. The van der Waals surface area contributed by atoms with Gasteiger partial charge in [0, 0.05) is 25.2 Å². The highest BCUT2D eigenvalue weighted by Crippen LogP contribution is 2.23. The highest BCUT2D eigenvalue weighted by atomic mass is 16.5. The molecule has 0 atom stereocenters. The van der Waals surface area contributed by atoms with Gasteiger partial charge in [0.25, 0.3) is 5.91 Å². The first-order valence-corrected chi connectivity index (χ1v) is 14.9. The number of nitrogens with zero attached hydrogens (tertiary/aromatic N) is 4. The summed E-state index contributed by atoms with van der Waals surface area (Å²) < 4.78 is 7.90. The van der Waals surface area contributed by atoms with E-state index in [9.17, 15) is 4.79 Å². The number of carbonyl (C=O) groups is 1. The Bertz CT molecular complexity index is 1390. The number of imidazole rings is 1. The van der Waals surface area contributed by atoms with Crippen LogP contribution in [-0.2, 0) is 19.6 Å². The quantitative estimate of drug-likeness (QED) is 0.197. The summed E-state index contributed by atoms with van der Waals surface area (Å²) in [6.07, 6.45) is 5.88. The molecule has 1 aromatic heterocycles. The lowest BCUT2D eigenvalue weighted by molar-refractivity contribution is 0.0735. The van der Waals surface area contributed by atoms with Crippen LogP contribution in [0.4, 0.5) is 0 Å². The minimum Gasteiger partial charge on any atom is -0.494 e. The number of benzene rings is 3. The molecule has 0 radical (unpaired) electrons. The van der Waals surface area contributed by atoms with Crippen LogP contribution in [0, 0.1) is 0 Å². The maximum absolute atomic E-state index is 13.7. The fraction of sp³-hybridized carbons (Fsp3) is 0.412. The van der Waals surface area contributed by atoms with Gasteiger partial charge in [0.2, 0.25) is 0 Å². The van der Waals surface area contributed by atoms with Crippen LogP contribution < -0.4 is 4.74 Å². The van der Waals surface area contributed by atoms with Crippen LogP contribution >= 0.6 is 0 Å². The van der Waals surface area contributed by atoms with Crippen LogP contribution in [0.1, 0.15) is 73.3 Å². The van der Waals surface area contributed by atoms with Gasteiger partial charge in [-0.25, -0.2) is 4.98 Å². The molecule has 1 amide bonds. The Labute approximate surface area is 238 Å². The maximum atomic E-state index is 13.7. The number of likely N-dealkylation sites (tertiary alicyclic amines) is 1. The first-order valence-electron chi connectivity index (χ1n) is 14.9. The Hall–Kier alpha value is -3.64. The van der Waals surface area contributed by atoms with Crippen LogP contribution in [0.5, 0.6) is 5.75 Å². The van der Waals surface area contributed by atoms with Crippen LogP contribution in [0.15, 0.2) is 72.8 Å². The smallest absolute Gasteiger partial charge is 0.254 e. The number of amides is 1. The zero-order valence-corrected chi connectivity index (χ0v) is 24.0. The molecule has 5 rings (SSSR count). The molecule has 6 nitrogen and oxygen atoms in total. The number of rotatable bonds is 12. The molecule has 3 aromatic carbocycles. The molecule has 1 aliphatic heterocycles. The van der Waals surface area contributed by atoms with Gasteiger partial charge in [-0.2, -0.15) is 0 Å². The van der Waals surface area contributed by atoms with E-state index in [2.05, 4.69) is 58.9 Å². The van der Waals surface area contributed by atoms with Crippen molar-refractivity contribution in [2.24, 2.45) is 0 Å². The molecule has 0 aliphatic carbocycles. The molecule has 0 saturated carbocycles. The number of para-hydroxylation sites is 2. The third kappa shape index (κ3) is 6.73. The number of ether oxygens (including phenoxy) is 1. The lowest BCUT2D eigenvalue weighted by Crippen LogP contribution is -2.33. The van der Waals surface area contributed by atoms with Gasteiger partial charge in [0.1, 0.15) is 11.6 Å². The van der Waals surface area contributed by atoms with Crippen molar-refractivity contribution in [3.63, 3.8) is 0 Å². The topological polar surface area (TPSA) is 50.6 Å². The lowest BCUT2D eigenvalue weighted by Gasteiger charge is -2.27. The average molecular weight is 539 g/mol. The summed E-state index contributed by atoms with van der Waals surface area (Å²) >= 11 is 0. The van der Waals surface area contributed by atoms with Crippen molar-refractivity contribution in [3.8, 4) is 5.75 Å². The second kappa shape index (κ2) is 13.6. The number of hydrogen-bond acceptors (Lipinski definition) is 4. The zero-order valence-electron chi connectivity index (χ0n) is 24.0. The minimum atomic E-state index is 0.0283. The molecule has 40 heavy (non-hydrogen) atoms. The number of unbranched alkanes of at least 4 members (excludes halogenated alkanes) is 1. The zero-order chi connectivity index (χ0) is 27.7. The average Bonchev–Trinajstić information content (AvgIpc) is 3.33. The number of aromatic nitrogens is 2. The number of piperidine rings is 1. The first kappa shape index (κ1) is 27.9. The van der Waals surface area contributed by atoms with Crippen molar-refractivity contribution in [2.45, 2.75) is 65.6 Å². The summed E-state index contributed by atoms with van der Waals surface area (Å²) in [6.45, 7) is 9.95. The monoisotopic (exact) mass is 538 g/mol. The van der Waals surface area contributed by atoms with Crippen molar-refractivity contribution in [1.82, 2.24) is 19.4 Å². The van der Waals surface area contributed by atoms with Gasteiger partial charge in [0.15, 0.2) is 0 Å². The molecular formula is C34H42N4O2. The lowest BCUT2D eigenvalue weighted by atomic mass is 10.0. The SMILES string of the molecule is CCCCN(Cc1nc2ccccc2n1Cc1ccccc1CN1CCCCC1)C(=O)c1ccc(OCC)cc1. The van der Waals surface area contributed by atoms with Gasteiger partial charge < -0.3 is 14.2 Å². The van der Waals surface area contributed by atoms with Crippen LogP contribution in [0.25, 0.3) is 11.0 Å². The second-order valence-corrected chi connectivity index (χ2v) is 10.7. The van der Waals surface area contributed by atoms with Crippen LogP contribution in [-0.4, -0.2) is 51.5 Å². The second-order valence-electron chi connectivity index (χ2n) is 10.7. The Kier molecular flexibility index (Phi) is 9.50. The van der Waals surface area contributed by atoms with E-state index in [0.29, 0.717) is 25.3 Å². The van der Waals surface area contributed by atoms with E-state index in [4.69, 9.17) is 9.72 Å². The van der Waals surface area contributed by atoms with Gasteiger partial charge in [-0.05, 0) is 86.8 Å². The fourth-order valence-electron chi connectivity index (χ4n) is 5.63. The molecule has 210 valence electrons. The molecule has 1 saturated heterocycles. The Morgan fingerprint density at radius 2 is 1.57 bits per heavy atom. The summed E-state index contributed by atoms with van der Waals surface area (Å²) in [6, 6.07) is 24.6. The minimum absolute atomic E-state index is 0.0283. The number of hydrogen-bond donors (Lipinski definition) is 0. The van der Waals surface area contributed by atoms with Crippen LogP contribution in [0.3, 0.4) is 0 Å². The predicted octanol–water partition coefficient (Wildman–Crippen LogP) is 6.91. The van der Waals surface area contributed by atoms with Gasteiger partial charge in [-0.15, -0.1) is 0 Å². The number of carbonyl (C=O) groups excluding carboxylic acids is 1. The Morgan fingerprint density at radius 3 is 2.30 bits per heavy atom. The molecule has 0 spiro atoms.